The van der Waals surface area contributed by atoms with Gasteiger partial charge in [-0.15, -0.1) is 0 Å². The normalized spacial score (nSPS) is 10.8. The second-order valence-electron chi connectivity index (χ2n) is 6.85. The number of carbonyl (C=O) groups is 1. The molecule has 0 atom stereocenters. The van der Waals surface area contributed by atoms with E-state index >= 15 is 0 Å². The van der Waals surface area contributed by atoms with E-state index in [-0.39, 0.29) is 6.61 Å². The van der Waals surface area contributed by atoms with Crippen LogP contribution in [0, 0.1) is 13.8 Å². The van der Waals surface area contributed by atoms with Crippen LogP contribution < -0.4 is 0 Å². The highest BCUT2D eigenvalue weighted by molar-refractivity contribution is 5.89. The molecule has 0 saturated heterocycles. The van der Waals surface area contributed by atoms with Gasteiger partial charge in [0.1, 0.15) is 0 Å². The zero-order valence-electron chi connectivity index (χ0n) is 16.3. The standard InChI is InChI=1S/C23H21N3O3/c1-16-11-17(2)26(25-16)14-18-7-6-10-20(12-18)23(27)28-15-22-24-13-21(29-22)19-8-4-3-5-9-19/h3-13H,14-15H2,1-2H3. The van der Waals surface area contributed by atoms with Crippen molar-refractivity contribution < 1.29 is 13.9 Å². The fourth-order valence-corrected chi connectivity index (χ4v) is 3.13. The molecule has 146 valence electrons. The maximum atomic E-state index is 12.5. The van der Waals surface area contributed by atoms with Crippen molar-refractivity contribution >= 4 is 5.97 Å². The van der Waals surface area contributed by atoms with Crippen molar-refractivity contribution in [2.45, 2.75) is 27.0 Å². The Bertz CT molecular complexity index is 1130. The lowest BCUT2D eigenvalue weighted by Crippen LogP contribution is -2.08. The molecule has 29 heavy (non-hydrogen) atoms. The summed E-state index contributed by atoms with van der Waals surface area (Å²) >= 11 is 0. The number of oxazole rings is 1. The van der Waals surface area contributed by atoms with E-state index < -0.39 is 5.97 Å². The maximum absolute atomic E-state index is 12.5. The summed E-state index contributed by atoms with van der Waals surface area (Å²) in [6.45, 7) is 4.55. The van der Waals surface area contributed by atoms with Crippen molar-refractivity contribution in [1.29, 1.82) is 0 Å². The van der Waals surface area contributed by atoms with E-state index in [1.807, 2.05) is 73.1 Å². The molecule has 2 heterocycles. The van der Waals surface area contributed by atoms with Crippen molar-refractivity contribution in [3.05, 3.63) is 95.3 Å². The summed E-state index contributed by atoms with van der Waals surface area (Å²) in [5.41, 5.74) is 4.44. The van der Waals surface area contributed by atoms with Gasteiger partial charge in [0.15, 0.2) is 12.4 Å². The van der Waals surface area contributed by atoms with Gasteiger partial charge in [-0.1, -0.05) is 42.5 Å². The van der Waals surface area contributed by atoms with Gasteiger partial charge in [-0.3, -0.25) is 4.68 Å². The van der Waals surface area contributed by atoms with E-state index in [1.165, 1.54) is 0 Å². The Morgan fingerprint density at radius 3 is 2.66 bits per heavy atom. The molecule has 4 rings (SSSR count). The smallest absolute Gasteiger partial charge is 0.338 e. The van der Waals surface area contributed by atoms with Gasteiger partial charge >= 0.3 is 5.97 Å². The Hall–Kier alpha value is -3.67. The van der Waals surface area contributed by atoms with Crippen LogP contribution in [0.4, 0.5) is 0 Å². The first-order chi connectivity index (χ1) is 14.1. The van der Waals surface area contributed by atoms with Crippen molar-refractivity contribution in [3.63, 3.8) is 0 Å². The summed E-state index contributed by atoms with van der Waals surface area (Å²) in [5, 5.41) is 4.46. The molecule has 0 N–H and O–H groups in total. The van der Waals surface area contributed by atoms with Crippen LogP contribution in [0.15, 0.2) is 71.3 Å². The molecule has 0 aliphatic rings. The third kappa shape index (κ3) is 4.43. The predicted molar refractivity (Wildman–Crippen MR) is 108 cm³/mol. The number of benzene rings is 2. The first-order valence-electron chi connectivity index (χ1n) is 9.36. The summed E-state index contributed by atoms with van der Waals surface area (Å²) in [6.07, 6.45) is 1.63. The number of hydrogen-bond acceptors (Lipinski definition) is 5. The highest BCUT2D eigenvalue weighted by Crippen LogP contribution is 2.20. The number of hydrogen-bond donors (Lipinski definition) is 0. The van der Waals surface area contributed by atoms with Crippen LogP contribution in [0.3, 0.4) is 0 Å². The molecule has 0 amide bonds. The lowest BCUT2D eigenvalue weighted by atomic mass is 10.1. The highest BCUT2D eigenvalue weighted by Gasteiger charge is 2.12. The largest absolute Gasteiger partial charge is 0.452 e. The van der Waals surface area contributed by atoms with Crippen molar-refractivity contribution in [3.8, 4) is 11.3 Å². The summed E-state index contributed by atoms with van der Waals surface area (Å²) in [7, 11) is 0. The van der Waals surface area contributed by atoms with E-state index in [0.29, 0.717) is 23.8 Å². The van der Waals surface area contributed by atoms with Crippen LogP contribution >= 0.6 is 0 Å². The van der Waals surface area contributed by atoms with Gasteiger partial charge in [0.05, 0.1) is 24.0 Å². The summed E-state index contributed by atoms with van der Waals surface area (Å²) < 4.78 is 13.0. The highest BCUT2D eigenvalue weighted by atomic mass is 16.5. The Morgan fingerprint density at radius 1 is 1.07 bits per heavy atom. The number of aryl methyl sites for hydroxylation is 2. The molecule has 2 aromatic heterocycles. The Kier molecular flexibility index (Phi) is 5.24. The molecule has 6 heteroatoms. The van der Waals surface area contributed by atoms with Gasteiger partial charge in [-0.05, 0) is 37.6 Å². The van der Waals surface area contributed by atoms with Crippen LogP contribution in [0.25, 0.3) is 11.3 Å². The van der Waals surface area contributed by atoms with Crippen molar-refractivity contribution in [2.24, 2.45) is 0 Å². The fourth-order valence-electron chi connectivity index (χ4n) is 3.13. The number of rotatable bonds is 6. The molecule has 0 aliphatic carbocycles. The lowest BCUT2D eigenvalue weighted by Gasteiger charge is -2.07. The SMILES string of the molecule is Cc1cc(C)n(Cc2cccc(C(=O)OCc3ncc(-c4ccccc4)o3)c2)n1. The van der Waals surface area contributed by atoms with E-state index in [1.54, 1.807) is 12.3 Å². The molecular formula is C23H21N3O3. The first kappa shape index (κ1) is 18.7. The number of carbonyl (C=O) groups excluding carboxylic acids is 1. The zero-order valence-corrected chi connectivity index (χ0v) is 16.3. The maximum Gasteiger partial charge on any atom is 0.338 e. The molecule has 0 saturated carbocycles. The van der Waals surface area contributed by atoms with Crippen LogP contribution in [0.2, 0.25) is 0 Å². The van der Waals surface area contributed by atoms with Crippen molar-refractivity contribution in [1.82, 2.24) is 14.8 Å². The monoisotopic (exact) mass is 387 g/mol. The summed E-state index contributed by atoms with van der Waals surface area (Å²) in [5.74, 6) is 0.583. The number of nitrogens with zero attached hydrogens (tertiary/aromatic N) is 3. The van der Waals surface area contributed by atoms with E-state index in [4.69, 9.17) is 9.15 Å². The first-order valence-corrected chi connectivity index (χ1v) is 9.36. The fraction of sp³-hybridized carbons (Fsp3) is 0.174. The second kappa shape index (κ2) is 8.14. The third-order valence-corrected chi connectivity index (χ3v) is 4.54. The van der Waals surface area contributed by atoms with E-state index in [9.17, 15) is 4.79 Å². The minimum absolute atomic E-state index is 0.0205. The second-order valence-corrected chi connectivity index (χ2v) is 6.85. The molecule has 0 bridgehead atoms. The van der Waals surface area contributed by atoms with Gasteiger partial charge in [0.25, 0.3) is 0 Å². The van der Waals surface area contributed by atoms with E-state index in [0.717, 1.165) is 22.5 Å². The van der Waals surface area contributed by atoms with Gasteiger partial charge in [-0.25, -0.2) is 9.78 Å². The van der Waals surface area contributed by atoms with Gasteiger partial charge in [-0.2, -0.15) is 5.10 Å². The average molecular weight is 387 g/mol. The average Bonchev–Trinajstić information content (AvgIpc) is 3.33. The van der Waals surface area contributed by atoms with E-state index in [2.05, 4.69) is 10.1 Å². The molecule has 0 unspecified atom stereocenters. The minimum Gasteiger partial charge on any atom is -0.452 e. The van der Waals surface area contributed by atoms with Gasteiger partial charge in [0.2, 0.25) is 5.89 Å². The molecule has 4 aromatic rings. The molecule has 2 aromatic carbocycles. The van der Waals surface area contributed by atoms with Crippen LogP contribution in [-0.2, 0) is 17.9 Å². The minimum atomic E-state index is -0.417. The Morgan fingerprint density at radius 2 is 1.90 bits per heavy atom. The molecular weight excluding hydrogens is 366 g/mol. The summed E-state index contributed by atoms with van der Waals surface area (Å²) in [6, 6.07) is 19.1. The summed E-state index contributed by atoms with van der Waals surface area (Å²) in [4.78, 5) is 16.6. The molecule has 0 fully saturated rings. The Balaban J connectivity index is 1.40. The van der Waals surface area contributed by atoms with Crippen molar-refractivity contribution in [2.75, 3.05) is 0 Å². The predicted octanol–water partition coefficient (Wildman–Crippen LogP) is 4.56. The molecule has 0 radical (unpaired) electrons. The number of aromatic nitrogens is 3. The third-order valence-electron chi connectivity index (χ3n) is 4.54. The van der Waals surface area contributed by atoms with Gasteiger partial charge in [0, 0.05) is 11.3 Å². The van der Waals surface area contributed by atoms with Crippen LogP contribution in [0.1, 0.15) is 33.2 Å². The number of esters is 1. The topological polar surface area (TPSA) is 70.2 Å². The quantitative estimate of drug-likeness (QED) is 0.454. The zero-order chi connectivity index (χ0) is 20.2. The molecule has 6 nitrogen and oxygen atoms in total. The van der Waals surface area contributed by atoms with Crippen LogP contribution in [0.5, 0.6) is 0 Å². The molecule has 0 aliphatic heterocycles. The number of ether oxygens (including phenoxy) is 1. The van der Waals surface area contributed by atoms with Gasteiger partial charge < -0.3 is 9.15 Å². The Labute approximate surface area is 168 Å². The van der Waals surface area contributed by atoms with Crippen LogP contribution in [-0.4, -0.2) is 20.7 Å². The molecule has 0 spiro atoms. The lowest BCUT2D eigenvalue weighted by molar-refractivity contribution is 0.0439.